The topological polar surface area (TPSA) is 83.8 Å². The quantitative estimate of drug-likeness (QED) is 0.613. The average Bonchev–Trinajstić information content (AvgIpc) is 2.81. The Bertz CT molecular complexity index is 765. The smallest absolute Gasteiger partial charge is 0.393 e. The molecule has 3 aliphatic rings. The predicted molar refractivity (Wildman–Crippen MR) is 95.0 cm³/mol. The van der Waals surface area contributed by atoms with Crippen LogP contribution in [0.5, 0.6) is 5.75 Å². The molecule has 0 aromatic heterocycles. The Morgan fingerprint density at radius 2 is 1.96 bits per heavy atom. The minimum atomic E-state index is -4.48. The number of benzene rings is 1. The van der Waals surface area contributed by atoms with Gasteiger partial charge in [0, 0.05) is 29.6 Å². The van der Waals surface area contributed by atoms with Crippen LogP contribution >= 0.6 is 0 Å². The molecule has 0 spiro atoms. The molecule has 0 aliphatic heterocycles. The first-order valence-corrected chi connectivity index (χ1v) is 10.1. The molecule has 1 aromatic carbocycles. The molecule has 1 radical (unpaired) electrons. The Morgan fingerprint density at radius 3 is 2.68 bits per heavy atom. The van der Waals surface area contributed by atoms with E-state index >= 15 is 0 Å². The van der Waals surface area contributed by atoms with E-state index in [9.17, 15) is 13.5 Å². The van der Waals surface area contributed by atoms with Gasteiger partial charge in [-0.15, -0.1) is 0 Å². The van der Waals surface area contributed by atoms with Crippen molar-refractivity contribution < 1.29 is 22.3 Å². The minimum Gasteiger partial charge on any atom is -0.393 e. The molecule has 0 heterocycles. The molecule has 3 aliphatic carbocycles. The molecule has 5 atom stereocenters. The minimum absolute atomic E-state index is 0. The summed E-state index contributed by atoms with van der Waals surface area (Å²) in [6.07, 6.45) is 5.93. The summed E-state index contributed by atoms with van der Waals surface area (Å²) in [4.78, 5) is 0. The third kappa shape index (κ3) is 3.42. The second kappa shape index (κ2) is 6.80. The second-order valence-electron chi connectivity index (χ2n) is 7.92. The fourth-order valence-electron chi connectivity index (χ4n) is 5.70. The summed E-state index contributed by atoms with van der Waals surface area (Å²) in [6, 6.07) is 5.34. The molecule has 25 heavy (non-hydrogen) atoms. The van der Waals surface area contributed by atoms with Crippen molar-refractivity contribution in [3.8, 4) is 5.75 Å². The van der Waals surface area contributed by atoms with E-state index in [0.29, 0.717) is 17.8 Å². The van der Waals surface area contributed by atoms with Crippen molar-refractivity contribution in [2.75, 3.05) is 0 Å². The zero-order valence-electron chi connectivity index (χ0n) is 14.8. The first-order valence-electron chi connectivity index (χ1n) is 8.76. The summed E-state index contributed by atoms with van der Waals surface area (Å²) in [6.45, 7) is 2.25. The standard InChI is InChI=1S/C18H24O5S.Na/c1-18-9-8-14-13-5-3-12(23-24(20,21)22)10-11(13)2-4-15(14)16(18)6-7-17(18)19;/h3,5,10,14-17,19H,2,4,6-9H2,1H3,(H,20,21,22);/t14-,15-,16+,17-,18+;/m1./s1. The monoisotopic (exact) mass is 375 g/mol. The van der Waals surface area contributed by atoms with Gasteiger partial charge in [-0.1, -0.05) is 13.0 Å². The van der Waals surface area contributed by atoms with Gasteiger partial charge in [0.05, 0.1) is 6.10 Å². The molecule has 7 heteroatoms. The van der Waals surface area contributed by atoms with Gasteiger partial charge < -0.3 is 9.29 Å². The van der Waals surface area contributed by atoms with Crippen LogP contribution in [-0.2, 0) is 16.8 Å². The summed E-state index contributed by atoms with van der Waals surface area (Å²) in [5.41, 5.74) is 2.48. The van der Waals surface area contributed by atoms with Crippen LogP contribution < -0.4 is 4.18 Å². The zero-order chi connectivity index (χ0) is 17.1. The van der Waals surface area contributed by atoms with Crippen LogP contribution in [0.15, 0.2) is 18.2 Å². The third-order valence-corrected chi connectivity index (χ3v) is 7.25. The fourth-order valence-corrected chi connectivity index (χ4v) is 6.05. The molecule has 1 aromatic rings. The van der Waals surface area contributed by atoms with Crippen LogP contribution in [0.2, 0.25) is 0 Å². The molecule has 0 saturated heterocycles. The Balaban J connectivity index is 0.00000182. The van der Waals surface area contributed by atoms with Crippen molar-refractivity contribution >= 4 is 40.0 Å². The van der Waals surface area contributed by atoms with Crippen molar-refractivity contribution in [1.29, 1.82) is 0 Å². The Kier molecular flexibility index (Phi) is 5.35. The summed E-state index contributed by atoms with van der Waals surface area (Å²) in [5.74, 6) is 1.83. The number of fused-ring (bicyclic) bond motifs is 5. The van der Waals surface area contributed by atoms with Crippen molar-refractivity contribution in [1.82, 2.24) is 0 Å². The first-order chi connectivity index (χ1) is 11.3. The number of aryl methyl sites for hydroxylation is 1. The van der Waals surface area contributed by atoms with Crippen molar-refractivity contribution in [2.45, 2.75) is 57.5 Å². The molecular formula is C18H24NaO5S. The third-order valence-electron chi connectivity index (χ3n) is 6.85. The molecule has 5 nitrogen and oxygen atoms in total. The van der Waals surface area contributed by atoms with E-state index in [1.807, 2.05) is 6.07 Å². The number of aliphatic hydroxyl groups excluding tert-OH is 1. The van der Waals surface area contributed by atoms with Gasteiger partial charge in [0.1, 0.15) is 5.75 Å². The Hall–Kier alpha value is -0.110. The van der Waals surface area contributed by atoms with E-state index < -0.39 is 10.4 Å². The second-order valence-corrected chi connectivity index (χ2v) is 8.95. The molecule has 133 valence electrons. The Labute approximate surface area is 171 Å². The molecule has 4 rings (SSSR count). The van der Waals surface area contributed by atoms with Gasteiger partial charge in [0.25, 0.3) is 0 Å². The predicted octanol–water partition coefficient (Wildman–Crippen LogP) is 2.70. The van der Waals surface area contributed by atoms with Gasteiger partial charge >= 0.3 is 10.4 Å². The molecule has 0 unspecified atom stereocenters. The van der Waals surface area contributed by atoms with Gasteiger partial charge in [-0.05, 0) is 85.0 Å². The van der Waals surface area contributed by atoms with E-state index in [2.05, 4.69) is 11.1 Å². The van der Waals surface area contributed by atoms with Crippen LogP contribution in [0, 0.1) is 17.3 Å². The van der Waals surface area contributed by atoms with E-state index in [-0.39, 0.29) is 46.8 Å². The van der Waals surface area contributed by atoms with Crippen LogP contribution in [-0.4, -0.2) is 53.7 Å². The maximum Gasteiger partial charge on any atom is 0.446 e. The average molecular weight is 375 g/mol. The van der Waals surface area contributed by atoms with Gasteiger partial charge in [-0.2, -0.15) is 8.42 Å². The van der Waals surface area contributed by atoms with Crippen molar-refractivity contribution in [3.63, 3.8) is 0 Å². The zero-order valence-corrected chi connectivity index (χ0v) is 17.6. The number of rotatable bonds is 2. The first kappa shape index (κ1) is 19.6. The van der Waals surface area contributed by atoms with Gasteiger partial charge in [0.15, 0.2) is 0 Å². The van der Waals surface area contributed by atoms with Gasteiger partial charge in [-0.25, -0.2) is 0 Å². The number of hydrogen-bond acceptors (Lipinski definition) is 4. The molecule has 0 bridgehead atoms. The molecule has 2 N–H and O–H groups in total. The summed E-state index contributed by atoms with van der Waals surface area (Å²) >= 11 is 0. The van der Waals surface area contributed by atoms with Crippen LogP contribution in [0.4, 0.5) is 0 Å². The van der Waals surface area contributed by atoms with E-state index in [1.54, 1.807) is 12.1 Å². The SMILES string of the molecule is C[C@]12CC[C@@H]3c4ccc(OS(=O)(=O)O)cc4CC[C@H]3[C@@H]1CC[C@H]2O.[Na]. The van der Waals surface area contributed by atoms with E-state index in [0.717, 1.165) is 44.1 Å². The number of aliphatic hydroxyl groups is 1. The van der Waals surface area contributed by atoms with E-state index in [4.69, 9.17) is 4.55 Å². The molecule has 0 amide bonds. The summed E-state index contributed by atoms with van der Waals surface area (Å²) < 4.78 is 35.2. The number of hydrogen-bond donors (Lipinski definition) is 2. The van der Waals surface area contributed by atoms with Crippen LogP contribution in [0.25, 0.3) is 0 Å². The maximum absolute atomic E-state index is 10.9. The van der Waals surface area contributed by atoms with Gasteiger partial charge in [0.2, 0.25) is 0 Å². The molecule has 2 saturated carbocycles. The molecular weight excluding hydrogens is 351 g/mol. The maximum atomic E-state index is 10.9. The molecule has 2 fully saturated rings. The van der Waals surface area contributed by atoms with Crippen molar-refractivity contribution in [3.05, 3.63) is 29.3 Å². The summed E-state index contributed by atoms with van der Waals surface area (Å²) in [5, 5.41) is 10.4. The van der Waals surface area contributed by atoms with Crippen molar-refractivity contribution in [2.24, 2.45) is 17.3 Å². The normalized spacial score (nSPS) is 36.6. The van der Waals surface area contributed by atoms with Gasteiger partial charge in [-0.3, -0.25) is 4.55 Å². The van der Waals surface area contributed by atoms with E-state index in [1.165, 1.54) is 5.56 Å². The summed E-state index contributed by atoms with van der Waals surface area (Å²) in [7, 11) is -4.48. The largest absolute Gasteiger partial charge is 0.446 e. The van der Waals surface area contributed by atoms with Crippen LogP contribution in [0.3, 0.4) is 0 Å². The fraction of sp³-hybridized carbons (Fsp3) is 0.667. The van der Waals surface area contributed by atoms with Crippen LogP contribution in [0.1, 0.15) is 56.1 Å². The Morgan fingerprint density at radius 1 is 1.20 bits per heavy atom.